The van der Waals surface area contributed by atoms with Crippen molar-refractivity contribution in [3.63, 3.8) is 0 Å². The molecule has 2 atom stereocenters. The van der Waals surface area contributed by atoms with Crippen molar-refractivity contribution in [3.8, 4) is 28.3 Å². The minimum absolute atomic E-state index is 0.0596. The number of hydrogen-bond donors (Lipinski definition) is 2. The number of nitrogens with zero attached hydrogens (tertiary/aromatic N) is 6. The first-order valence-electron chi connectivity index (χ1n) is 12.8. The number of amides is 1. The molecule has 2 unspecified atom stereocenters. The first-order valence-corrected chi connectivity index (χ1v) is 12.8. The van der Waals surface area contributed by atoms with Gasteiger partial charge >= 0.3 is 0 Å². The van der Waals surface area contributed by atoms with Gasteiger partial charge in [-0.1, -0.05) is 6.92 Å². The van der Waals surface area contributed by atoms with Crippen LogP contribution in [-0.2, 0) is 11.8 Å². The van der Waals surface area contributed by atoms with E-state index in [1.807, 2.05) is 44.0 Å². The Bertz CT molecular complexity index is 1510. The van der Waals surface area contributed by atoms with E-state index in [-0.39, 0.29) is 11.4 Å². The molecule has 4 aromatic rings. The van der Waals surface area contributed by atoms with E-state index in [1.165, 1.54) is 6.42 Å². The van der Waals surface area contributed by atoms with Crippen molar-refractivity contribution >= 4 is 17.2 Å². The van der Waals surface area contributed by atoms with Crippen LogP contribution in [0.25, 0.3) is 27.8 Å². The summed E-state index contributed by atoms with van der Waals surface area (Å²) in [4.78, 5) is 16.5. The molecule has 4 aromatic heterocycles. The molecule has 9 nitrogen and oxygen atoms in total. The van der Waals surface area contributed by atoms with E-state index in [4.69, 9.17) is 4.98 Å². The number of fused-ring (bicyclic) bond motifs is 3. The standard InChI is InChI=1S/C28H30N8O/c1-4-28(34-17(2)37)9-19-7-20(10-28)26(19)33-25-6-5-18(12-30-25)24-8-21(23-14-31-35(3)15-23)16-36-27(24)22(11-29)13-32-36/h5-6,8,12-16,19-20,26H,4,7,9-10H2,1-3H3,(H,30,33)(H,34,37). The van der Waals surface area contributed by atoms with Crippen LogP contribution in [0, 0.1) is 23.2 Å². The molecule has 3 saturated carbocycles. The highest BCUT2D eigenvalue weighted by atomic mass is 16.1. The number of anilines is 1. The zero-order chi connectivity index (χ0) is 25.7. The molecule has 0 spiro atoms. The number of carbonyl (C=O) groups excluding carboxylic acids is 1. The van der Waals surface area contributed by atoms with Gasteiger partial charge in [0.2, 0.25) is 5.91 Å². The van der Waals surface area contributed by atoms with Gasteiger partial charge in [0.1, 0.15) is 11.9 Å². The number of aromatic nitrogens is 5. The van der Waals surface area contributed by atoms with Crippen LogP contribution in [0.4, 0.5) is 5.82 Å². The summed E-state index contributed by atoms with van der Waals surface area (Å²) in [6.07, 6.45) is 13.3. The second kappa shape index (κ2) is 8.73. The molecule has 2 bridgehead atoms. The largest absolute Gasteiger partial charge is 0.367 e. The lowest BCUT2D eigenvalue weighted by Crippen LogP contribution is -2.63. The SMILES string of the molecule is CCC1(NC(C)=O)CC2CC(C1)C2Nc1ccc(-c2cc(-c3cnn(C)c3)cn3ncc(C#N)c23)cn1. The summed E-state index contributed by atoms with van der Waals surface area (Å²) in [5.41, 5.74) is 4.98. The summed E-state index contributed by atoms with van der Waals surface area (Å²) in [6.45, 7) is 3.78. The highest BCUT2D eigenvalue weighted by Crippen LogP contribution is 2.52. The Hall–Kier alpha value is -4.19. The van der Waals surface area contributed by atoms with Gasteiger partial charge in [0.15, 0.2) is 0 Å². The lowest BCUT2D eigenvalue weighted by atomic mass is 9.54. The third-order valence-corrected chi connectivity index (χ3v) is 8.20. The molecular formula is C28H30N8O. The summed E-state index contributed by atoms with van der Waals surface area (Å²) in [5.74, 6) is 1.98. The number of nitrogens with one attached hydrogen (secondary N) is 2. The fourth-order valence-electron chi connectivity index (χ4n) is 6.43. The molecule has 0 saturated heterocycles. The van der Waals surface area contributed by atoms with E-state index in [9.17, 15) is 10.1 Å². The van der Waals surface area contributed by atoms with E-state index >= 15 is 0 Å². The van der Waals surface area contributed by atoms with Crippen LogP contribution >= 0.6 is 0 Å². The van der Waals surface area contributed by atoms with Gasteiger partial charge in [-0.05, 0) is 55.7 Å². The maximum Gasteiger partial charge on any atom is 0.217 e. The fourth-order valence-corrected chi connectivity index (χ4v) is 6.43. The van der Waals surface area contributed by atoms with Gasteiger partial charge in [-0.15, -0.1) is 0 Å². The van der Waals surface area contributed by atoms with Crippen molar-refractivity contribution in [2.45, 2.75) is 51.1 Å². The van der Waals surface area contributed by atoms with Gasteiger partial charge in [0.05, 0.1) is 23.5 Å². The second-order valence-corrected chi connectivity index (χ2v) is 10.6. The van der Waals surface area contributed by atoms with Crippen molar-refractivity contribution in [2.24, 2.45) is 18.9 Å². The van der Waals surface area contributed by atoms with Crippen molar-refractivity contribution in [1.29, 1.82) is 5.26 Å². The Labute approximate surface area is 215 Å². The zero-order valence-electron chi connectivity index (χ0n) is 21.3. The summed E-state index contributed by atoms with van der Waals surface area (Å²) in [7, 11) is 1.89. The number of rotatable bonds is 6. The van der Waals surface area contributed by atoms with Crippen LogP contribution in [0.1, 0.15) is 45.1 Å². The van der Waals surface area contributed by atoms with Gasteiger partial charge in [-0.3, -0.25) is 9.48 Å². The number of carbonyl (C=O) groups is 1. The molecule has 188 valence electrons. The van der Waals surface area contributed by atoms with Gasteiger partial charge in [0.25, 0.3) is 0 Å². The molecule has 0 aliphatic heterocycles. The first-order chi connectivity index (χ1) is 17.9. The zero-order valence-corrected chi connectivity index (χ0v) is 21.3. The smallest absolute Gasteiger partial charge is 0.217 e. The quantitative estimate of drug-likeness (QED) is 0.416. The van der Waals surface area contributed by atoms with E-state index in [0.717, 1.165) is 52.9 Å². The van der Waals surface area contributed by atoms with Crippen molar-refractivity contribution in [1.82, 2.24) is 29.7 Å². The Morgan fingerprint density at radius 1 is 1.14 bits per heavy atom. The molecule has 4 heterocycles. The van der Waals surface area contributed by atoms with Gasteiger partial charge in [-0.2, -0.15) is 15.5 Å². The Morgan fingerprint density at radius 2 is 1.95 bits per heavy atom. The molecule has 2 N–H and O–H groups in total. The van der Waals surface area contributed by atoms with Gasteiger partial charge < -0.3 is 10.6 Å². The molecule has 7 rings (SSSR count). The Morgan fingerprint density at radius 3 is 2.57 bits per heavy atom. The van der Waals surface area contributed by atoms with E-state index in [2.05, 4.69) is 39.9 Å². The highest BCUT2D eigenvalue weighted by Gasteiger charge is 2.53. The van der Waals surface area contributed by atoms with E-state index < -0.39 is 0 Å². The van der Waals surface area contributed by atoms with Crippen LogP contribution in [0.3, 0.4) is 0 Å². The summed E-state index contributed by atoms with van der Waals surface area (Å²) >= 11 is 0. The lowest BCUT2D eigenvalue weighted by molar-refractivity contribution is -0.123. The summed E-state index contributed by atoms with van der Waals surface area (Å²) < 4.78 is 3.52. The van der Waals surface area contributed by atoms with Crippen LogP contribution in [-0.4, -0.2) is 41.9 Å². The van der Waals surface area contributed by atoms with Crippen LogP contribution in [0.2, 0.25) is 0 Å². The molecule has 3 aliphatic carbocycles. The second-order valence-electron chi connectivity index (χ2n) is 10.6. The van der Waals surface area contributed by atoms with Crippen LogP contribution in [0.5, 0.6) is 0 Å². The minimum Gasteiger partial charge on any atom is -0.367 e. The number of pyridine rings is 2. The highest BCUT2D eigenvalue weighted by molar-refractivity contribution is 5.87. The molecule has 3 aliphatic rings. The van der Waals surface area contributed by atoms with Crippen LogP contribution < -0.4 is 10.6 Å². The third kappa shape index (κ3) is 4.02. The van der Waals surface area contributed by atoms with Crippen molar-refractivity contribution in [2.75, 3.05) is 5.32 Å². The van der Waals surface area contributed by atoms with Crippen molar-refractivity contribution in [3.05, 3.63) is 54.7 Å². The molecule has 1 amide bonds. The molecule has 3 fully saturated rings. The van der Waals surface area contributed by atoms with Crippen molar-refractivity contribution < 1.29 is 4.79 Å². The topological polar surface area (TPSA) is 113 Å². The van der Waals surface area contributed by atoms with E-state index in [1.54, 1.807) is 22.3 Å². The van der Waals surface area contributed by atoms with Gasteiger partial charge in [-0.25, -0.2) is 9.50 Å². The molecule has 37 heavy (non-hydrogen) atoms. The monoisotopic (exact) mass is 494 g/mol. The molecule has 0 radical (unpaired) electrons. The summed E-state index contributed by atoms with van der Waals surface area (Å²) in [5, 5.41) is 25.3. The van der Waals surface area contributed by atoms with E-state index in [0.29, 0.717) is 23.4 Å². The Balaban J connectivity index is 1.26. The summed E-state index contributed by atoms with van der Waals surface area (Å²) in [6, 6.07) is 8.78. The number of nitriles is 1. The third-order valence-electron chi connectivity index (χ3n) is 8.20. The number of aryl methyl sites for hydroxylation is 1. The molecule has 9 heteroatoms. The predicted octanol–water partition coefficient (Wildman–Crippen LogP) is 4.16. The molecule has 0 aromatic carbocycles. The van der Waals surface area contributed by atoms with Crippen LogP contribution in [0.15, 0.2) is 49.2 Å². The normalized spacial score (nSPS) is 24.3. The maximum atomic E-state index is 11.8. The average Bonchev–Trinajstić information content (AvgIpc) is 3.52. The first kappa shape index (κ1) is 23.2. The number of hydrogen-bond acceptors (Lipinski definition) is 6. The lowest BCUT2D eigenvalue weighted by Gasteiger charge is -2.57. The average molecular weight is 495 g/mol. The predicted molar refractivity (Wildman–Crippen MR) is 140 cm³/mol. The fraction of sp³-hybridized carbons (Fsp3) is 0.393. The minimum atomic E-state index is -0.0662. The maximum absolute atomic E-state index is 11.8. The Kier molecular flexibility index (Phi) is 5.48. The molecular weight excluding hydrogens is 464 g/mol. The van der Waals surface area contributed by atoms with Gasteiger partial charge in [0, 0.05) is 66.4 Å².